The maximum Gasteiger partial charge on any atom is 0.343 e. The first kappa shape index (κ1) is 36.1. The molecule has 7 heteroatoms. The first-order chi connectivity index (χ1) is 21.4. The molecule has 0 amide bonds. The van der Waals surface area contributed by atoms with Gasteiger partial charge in [0.15, 0.2) is 6.17 Å². The molecule has 0 N–H and O–H groups in total. The minimum absolute atomic E-state index is 0.213. The van der Waals surface area contributed by atoms with E-state index < -0.39 is 18.1 Å². The number of benzene rings is 2. The van der Waals surface area contributed by atoms with Crippen molar-refractivity contribution < 1.29 is 28.2 Å². The van der Waals surface area contributed by atoms with E-state index in [2.05, 4.69) is 22.9 Å². The number of halogens is 2. The van der Waals surface area contributed by atoms with Gasteiger partial charge in [0.05, 0.1) is 16.6 Å². The van der Waals surface area contributed by atoms with E-state index in [0.717, 1.165) is 54.3 Å². The van der Waals surface area contributed by atoms with Crippen LogP contribution in [0.4, 0.5) is 4.39 Å². The molecule has 1 aliphatic rings. The maximum atomic E-state index is 14.0. The molecule has 1 aliphatic carbocycles. The Morgan fingerprint density at radius 2 is 1.43 bits per heavy atom. The summed E-state index contributed by atoms with van der Waals surface area (Å²) in [5, 5.41) is 0. The van der Waals surface area contributed by atoms with Gasteiger partial charge in [-0.2, -0.15) is 0 Å². The molecule has 0 radical (unpaired) electrons. The second kappa shape index (κ2) is 20.6. The molecule has 1 saturated carbocycles. The third kappa shape index (κ3) is 12.9. The SMILES string of the molecule is CCCCCCCCCCCCOc1ccc(C(=O)Oc2ccc(C3CCC(OC(=O)[C@@H](F)CCCC)CC3)cc2)cc1Br. The van der Waals surface area contributed by atoms with Gasteiger partial charge in [0, 0.05) is 0 Å². The smallest absolute Gasteiger partial charge is 0.343 e. The van der Waals surface area contributed by atoms with Gasteiger partial charge in [-0.3, -0.25) is 0 Å². The lowest BCUT2D eigenvalue weighted by Gasteiger charge is -2.29. The molecule has 0 aliphatic heterocycles. The Morgan fingerprint density at radius 3 is 2.05 bits per heavy atom. The largest absolute Gasteiger partial charge is 0.492 e. The lowest BCUT2D eigenvalue weighted by atomic mass is 9.83. The van der Waals surface area contributed by atoms with Gasteiger partial charge in [0.1, 0.15) is 17.6 Å². The average molecular weight is 676 g/mol. The molecule has 44 heavy (non-hydrogen) atoms. The molecule has 2 aromatic carbocycles. The van der Waals surface area contributed by atoms with Crippen LogP contribution in [-0.2, 0) is 9.53 Å². The second-order valence-electron chi connectivity index (χ2n) is 12.2. The van der Waals surface area contributed by atoms with Crippen LogP contribution in [0.5, 0.6) is 11.5 Å². The number of alkyl halides is 1. The number of rotatable bonds is 20. The van der Waals surface area contributed by atoms with E-state index in [1.54, 1.807) is 12.1 Å². The van der Waals surface area contributed by atoms with Gasteiger partial charge in [0.2, 0.25) is 0 Å². The third-order valence-electron chi connectivity index (χ3n) is 8.51. The molecule has 3 rings (SSSR count). The van der Waals surface area contributed by atoms with Crippen molar-refractivity contribution in [3.05, 3.63) is 58.1 Å². The molecule has 0 spiro atoms. The summed E-state index contributed by atoms with van der Waals surface area (Å²) in [7, 11) is 0. The highest BCUT2D eigenvalue weighted by molar-refractivity contribution is 9.10. The Labute approximate surface area is 272 Å². The summed E-state index contributed by atoms with van der Waals surface area (Å²) in [4.78, 5) is 24.8. The predicted molar refractivity (Wildman–Crippen MR) is 178 cm³/mol. The Morgan fingerprint density at radius 1 is 0.818 bits per heavy atom. The fraction of sp³-hybridized carbons (Fsp3) is 0.622. The van der Waals surface area contributed by atoms with Gasteiger partial charge in [-0.1, -0.05) is 96.6 Å². The Hall–Kier alpha value is -2.41. The summed E-state index contributed by atoms with van der Waals surface area (Å²) in [5.41, 5.74) is 1.61. The molecule has 0 unspecified atom stereocenters. The van der Waals surface area contributed by atoms with Crippen molar-refractivity contribution in [1.82, 2.24) is 0 Å². The van der Waals surface area contributed by atoms with Crippen molar-refractivity contribution in [3.8, 4) is 11.5 Å². The van der Waals surface area contributed by atoms with Crippen LogP contribution in [0, 0.1) is 0 Å². The third-order valence-corrected chi connectivity index (χ3v) is 9.13. The zero-order valence-corrected chi connectivity index (χ0v) is 28.4. The highest BCUT2D eigenvalue weighted by Gasteiger charge is 2.28. The molecular weight excluding hydrogens is 623 g/mol. The van der Waals surface area contributed by atoms with Crippen LogP contribution < -0.4 is 9.47 Å². The Kier molecular flexibility index (Phi) is 16.9. The summed E-state index contributed by atoms with van der Waals surface area (Å²) in [6, 6.07) is 12.9. The van der Waals surface area contributed by atoms with E-state index in [1.807, 2.05) is 37.3 Å². The van der Waals surface area contributed by atoms with Gasteiger partial charge in [-0.05, 0) is 96.3 Å². The van der Waals surface area contributed by atoms with Crippen molar-refractivity contribution in [2.75, 3.05) is 6.61 Å². The lowest BCUT2D eigenvalue weighted by Crippen LogP contribution is -2.28. The van der Waals surface area contributed by atoms with Crippen molar-refractivity contribution in [2.24, 2.45) is 0 Å². The first-order valence-corrected chi connectivity index (χ1v) is 17.8. The number of carbonyl (C=O) groups is 2. The maximum absolute atomic E-state index is 14.0. The summed E-state index contributed by atoms with van der Waals surface area (Å²) >= 11 is 3.54. The fourth-order valence-corrected chi connectivity index (χ4v) is 6.24. The number of hydrogen-bond donors (Lipinski definition) is 0. The van der Waals surface area contributed by atoms with Crippen molar-refractivity contribution in [3.63, 3.8) is 0 Å². The van der Waals surface area contributed by atoms with Gasteiger partial charge in [-0.25, -0.2) is 14.0 Å². The summed E-state index contributed by atoms with van der Waals surface area (Å²) < 4.78 is 31.7. The molecule has 1 fully saturated rings. The minimum atomic E-state index is -1.52. The number of carbonyl (C=O) groups excluding carboxylic acids is 2. The number of ether oxygens (including phenoxy) is 3. The molecule has 2 aromatic rings. The Bertz CT molecular complexity index is 1110. The van der Waals surface area contributed by atoms with E-state index in [-0.39, 0.29) is 12.5 Å². The lowest BCUT2D eigenvalue weighted by molar-refractivity contribution is -0.157. The van der Waals surface area contributed by atoms with Crippen LogP contribution in [0.2, 0.25) is 0 Å². The molecule has 0 bridgehead atoms. The second-order valence-corrected chi connectivity index (χ2v) is 13.0. The topological polar surface area (TPSA) is 61.8 Å². The predicted octanol–water partition coefficient (Wildman–Crippen LogP) is 11.1. The van der Waals surface area contributed by atoms with Crippen LogP contribution in [0.15, 0.2) is 46.9 Å². The molecule has 0 saturated heterocycles. The quantitative estimate of drug-likeness (QED) is 0.0794. The van der Waals surface area contributed by atoms with Crippen LogP contribution in [0.3, 0.4) is 0 Å². The van der Waals surface area contributed by atoms with Crippen molar-refractivity contribution in [1.29, 1.82) is 0 Å². The van der Waals surface area contributed by atoms with Gasteiger partial charge >= 0.3 is 11.9 Å². The van der Waals surface area contributed by atoms with E-state index in [9.17, 15) is 14.0 Å². The monoisotopic (exact) mass is 674 g/mol. The van der Waals surface area contributed by atoms with Gasteiger partial charge in [0.25, 0.3) is 0 Å². The van der Waals surface area contributed by atoms with Gasteiger partial charge in [-0.15, -0.1) is 0 Å². The Balaban J connectivity index is 1.35. The standard InChI is InChI=1S/C37H52BrFO5/c1-3-5-7-8-9-10-11-12-13-14-26-42-35-25-20-30(27-33(35)38)36(40)43-31-21-16-28(17-22-31)29-18-23-32(24-19-29)44-37(41)34(39)15-6-4-2/h16-17,20-22,25,27,29,32,34H,3-15,18-19,23-24,26H2,1-2H3/t29?,32?,34-/m0/s1. The molecule has 1 atom stereocenters. The highest BCUT2D eigenvalue weighted by Crippen LogP contribution is 2.35. The van der Waals surface area contributed by atoms with Crippen LogP contribution >= 0.6 is 15.9 Å². The van der Waals surface area contributed by atoms with Crippen LogP contribution in [0.25, 0.3) is 0 Å². The molecule has 5 nitrogen and oxygen atoms in total. The highest BCUT2D eigenvalue weighted by atomic mass is 79.9. The van der Waals surface area contributed by atoms with E-state index in [0.29, 0.717) is 30.3 Å². The van der Waals surface area contributed by atoms with Crippen molar-refractivity contribution >= 4 is 27.9 Å². The van der Waals surface area contributed by atoms with Crippen LogP contribution in [0.1, 0.15) is 145 Å². The summed E-state index contributed by atoms with van der Waals surface area (Å²) in [6.07, 6.45) is 16.1. The zero-order valence-electron chi connectivity index (χ0n) is 26.8. The van der Waals surface area contributed by atoms with Crippen LogP contribution in [-0.4, -0.2) is 30.8 Å². The first-order valence-electron chi connectivity index (χ1n) is 17.0. The van der Waals surface area contributed by atoms with E-state index >= 15 is 0 Å². The minimum Gasteiger partial charge on any atom is -0.492 e. The average Bonchev–Trinajstić information content (AvgIpc) is 3.03. The fourth-order valence-electron chi connectivity index (χ4n) is 5.74. The number of unbranched alkanes of at least 4 members (excludes halogenated alkanes) is 10. The summed E-state index contributed by atoms with van der Waals surface area (Å²) in [5.74, 6) is 0.408. The molecule has 0 heterocycles. The summed E-state index contributed by atoms with van der Waals surface area (Å²) in [6.45, 7) is 4.89. The van der Waals surface area contributed by atoms with Crippen molar-refractivity contribution in [2.45, 2.75) is 141 Å². The zero-order chi connectivity index (χ0) is 31.6. The number of hydrogen-bond acceptors (Lipinski definition) is 5. The normalized spacial score (nSPS) is 17.2. The van der Waals surface area contributed by atoms with Gasteiger partial charge < -0.3 is 14.2 Å². The molecule has 244 valence electrons. The van der Waals surface area contributed by atoms with E-state index in [1.165, 1.54) is 57.8 Å². The molecular formula is C37H52BrFO5. The van der Waals surface area contributed by atoms with E-state index in [4.69, 9.17) is 14.2 Å². The molecule has 0 aromatic heterocycles. The number of esters is 2.